The zero-order chi connectivity index (χ0) is 17.1. The fourth-order valence-electron chi connectivity index (χ4n) is 2.59. The van der Waals surface area contributed by atoms with Crippen molar-refractivity contribution in [1.82, 2.24) is 4.90 Å². The molecule has 128 valence electrons. The zero-order valence-electron chi connectivity index (χ0n) is 12.7. The van der Waals surface area contributed by atoms with Crippen LogP contribution in [0.15, 0.2) is 18.2 Å². The Hall–Kier alpha value is -2.25. The maximum absolute atomic E-state index is 12.3. The van der Waals surface area contributed by atoms with Crippen molar-refractivity contribution in [2.45, 2.75) is 12.5 Å². The number of morpholine rings is 1. The van der Waals surface area contributed by atoms with Crippen LogP contribution in [0.1, 0.15) is 12.0 Å². The number of hydrogen-bond donors (Lipinski definition) is 1. The molecule has 1 saturated heterocycles. The van der Waals surface area contributed by atoms with Crippen LogP contribution in [0.25, 0.3) is 6.08 Å². The van der Waals surface area contributed by atoms with Crippen LogP contribution in [-0.4, -0.2) is 54.5 Å². The van der Waals surface area contributed by atoms with Crippen LogP contribution in [0.2, 0.25) is 5.02 Å². The third kappa shape index (κ3) is 3.80. The van der Waals surface area contributed by atoms with Gasteiger partial charge in [0.15, 0.2) is 11.5 Å². The van der Waals surface area contributed by atoms with Gasteiger partial charge in [-0.25, -0.2) is 0 Å². The summed E-state index contributed by atoms with van der Waals surface area (Å²) >= 11 is 6.10. The Labute approximate surface area is 143 Å². The highest BCUT2D eigenvalue weighted by Crippen LogP contribution is 2.40. The first kappa shape index (κ1) is 16.6. The van der Waals surface area contributed by atoms with Crippen molar-refractivity contribution in [2.24, 2.45) is 0 Å². The minimum absolute atomic E-state index is 0.120. The Morgan fingerprint density at radius 3 is 3.00 bits per heavy atom. The number of ether oxygens (including phenoxy) is 3. The molecule has 0 saturated carbocycles. The van der Waals surface area contributed by atoms with E-state index in [0.717, 1.165) is 0 Å². The molecule has 1 amide bonds. The summed E-state index contributed by atoms with van der Waals surface area (Å²) < 4.78 is 15.9. The van der Waals surface area contributed by atoms with E-state index in [1.807, 2.05) is 0 Å². The first-order chi connectivity index (χ1) is 11.5. The van der Waals surface area contributed by atoms with Crippen LogP contribution in [0.3, 0.4) is 0 Å². The van der Waals surface area contributed by atoms with Crippen LogP contribution in [0.4, 0.5) is 0 Å². The molecule has 1 N–H and O–H groups in total. The van der Waals surface area contributed by atoms with E-state index >= 15 is 0 Å². The molecule has 24 heavy (non-hydrogen) atoms. The van der Waals surface area contributed by atoms with Crippen molar-refractivity contribution in [3.63, 3.8) is 0 Å². The summed E-state index contributed by atoms with van der Waals surface area (Å²) in [5, 5.41) is 9.23. The van der Waals surface area contributed by atoms with E-state index in [4.69, 9.17) is 30.9 Å². The average Bonchev–Trinajstić information content (AvgIpc) is 3.01. The first-order valence-electron chi connectivity index (χ1n) is 7.42. The lowest BCUT2D eigenvalue weighted by molar-refractivity contribution is -0.145. The van der Waals surface area contributed by atoms with Crippen molar-refractivity contribution in [1.29, 1.82) is 0 Å². The lowest BCUT2D eigenvalue weighted by atomic mass is 10.1. The summed E-state index contributed by atoms with van der Waals surface area (Å²) in [6.45, 7) is 1.14. The van der Waals surface area contributed by atoms with Gasteiger partial charge in [0.05, 0.1) is 24.2 Å². The number of hydrogen-bond acceptors (Lipinski definition) is 5. The third-order valence-corrected chi connectivity index (χ3v) is 4.00. The summed E-state index contributed by atoms with van der Waals surface area (Å²) in [6, 6.07) is 3.43. The van der Waals surface area contributed by atoms with Gasteiger partial charge in [0, 0.05) is 19.2 Å². The summed E-state index contributed by atoms with van der Waals surface area (Å²) in [4.78, 5) is 24.6. The van der Waals surface area contributed by atoms with Gasteiger partial charge >= 0.3 is 5.97 Å². The molecule has 2 aliphatic heterocycles. The van der Waals surface area contributed by atoms with Crippen LogP contribution in [0, 0.1) is 0 Å². The molecular weight excluding hydrogens is 338 g/mol. The topological polar surface area (TPSA) is 85.3 Å². The number of carboxylic acids is 1. The zero-order valence-corrected chi connectivity index (χ0v) is 13.5. The Kier molecular flexibility index (Phi) is 4.92. The minimum atomic E-state index is -0.945. The SMILES string of the molecule is O=C(O)CC1CN(C(=O)C=Cc2cc(Cl)c3c(c2)OCO3)CCO1. The Bertz CT molecular complexity index is 689. The lowest BCUT2D eigenvalue weighted by Crippen LogP contribution is -2.45. The number of rotatable bonds is 4. The largest absolute Gasteiger partial charge is 0.481 e. The van der Waals surface area contributed by atoms with Crippen molar-refractivity contribution >= 4 is 29.6 Å². The second-order valence-electron chi connectivity index (χ2n) is 5.44. The molecule has 1 fully saturated rings. The molecule has 0 bridgehead atoms. The van der Waals surface area contributed by atoms with E-state index in [2.05, 4.69) is 0 Å². The van der Waals surface area contributed by atoms with Gasteiger partial charge in [-0.1, -0.05) is 11.6 Å². The predicted molar refractivity (Wildman–Crippen MR) is 85.2 cm³/mol. The summed E-state index contributed by atoms with van der Waals surface area (Å²) in [5.74, 6) is -0.102. The summed E-state index contributed by atoms with van der Waals surface area (Å²) in [5.41, 5.74) is 0.716. The molecule has 1 aromatic carbocycles. The number of amides is 1. The molecule has 0 radical (unpaired) electrons. The Morgan fingerprint density at radius 1 is 1.38 bits per heavy atom. The summed E-state index contributed by atoms with van der Waals surface area (Å²) in [6.07, 6.45) is 2.47. The number of fused-ring (bicyclic) bond motifs is 1. The van der Waals surface area contributed by atoms with E-state index in [9.17, 15) is 9.59 Å². The molecule has 0 aromatic heterocycles. The standard InChI is InChI=1S/C16H16ClNO6/c17-12-5-10(6-13-16(12)24-9-23-13)1-2-14(19)18-3-4-22-11(8-18)7-15(20)21/h1-2,5-6,11H,3-4,7-9H2,(H,20,21). The van der Waals surface area contributed by atoms with E-state index in [1.54, 1.807) is 23.1 Å². The van der Waals surface area contributed by atoms with Gasteiger partial charge < -0.3 is 24.2 Å². The number of carbonyl (C=O) groups is 2. The normalized spacial score (nSPS) is 19.7. The second-order valence-corrected chi connectivity index (χ2v) is 5.85. The van der Waals surface area contributed by atoms with E-state index in [1.165, 1.54) is 6.08 Å². The van der Waals surface area contributed by atoms with Crippen LogP contribution < -0.4 is 9.47 Å². The highest BCUT2D eigenvalue weighted by atomic mass is 35.5. The summed E-state index contributed by atoms with van der Waals surface area (Å²) in [7, 11) is 0. The molecule has 3 rings (SSSR count). The van der Waals surface area contributed by atoms with Crippen molar-refractivity contribution in [2.75, 3.05) is 26.5 Å². The molecule has 1 unspecified atom stereocenters. The fourth-order valence-corrected chi connectivity index (χ4v) is 2.87. The third-order valence-electron chi connectivity index (χ3n) is 3.72. The molecule has 7 nitrogen and oxygen atoms in total. The maximum atomic E-state index is 12.3. The van der Waals surface area contributed by atoms with Gasteiger partial charge in [0.1, 0.15) is 0 Å². The molecule has 0 spiro atoms. The van der Waals surface area contributed by atoms with E-state index in [-0.39, 0.29) is 25.7 Å². The van der Waals surface area contributed by atoms with Crippen molar-refractivity contribution in [3.05, 3.63) is 28.8 Å². The highest BCUT2D eigenvalue weighted by Gasteiger charge is 2.25. The average molecular weight is 354 g/mol. The Morgan fingerprint density at radius 2 is 2.21 bits per heavy atom. The molecule has 2 heterocycles. The molecular formula is C16H16ClNO6. The molecule has 1 aromatic rings. The monoisotopic (exact) mass is 353 g/mol. The maximum Gasteiger partial charge on any atom is 0.306 e. The van der Waals surface area contributed by atoms with Gasteiger partial charge in [-0.3, -0.25) is 9.59 Å². The van der Waals surface area contributed by atoms with Gasteiger partial charge in [0.25, 0.3) is 0 Å². The van der Waals surface area contributed by atoms with E-state index < -0.39 is 12.1 Å². The number of carboxylic acid groups (broad SMARTS) is 1. The Balaban J connectivity index is 1.65. The van der Waals surface area contributed by atoms with Crippen LogP contribution in [-0.2, 0) is 14.3 Å². The quantitative estimate of drug-likeness (QED) is 0.830. The second kappa shape index (κ2) is 7.11. The number of carbonyl (C=O) groups excluding carboxylic acids is 1. The highest BCUT2D eigenvalue weighted by molar-refractivity contribution is 6.32. The van der Waals surface area contributed by atoms with Crippen molar-refractivity contribution < 1.29 is 28.9 Å². The smallest absolute Gasteiger partial charge is 0.306 e. The number of halogens is 1. The van der Waals surface area contributed by atoms with E-state index in [0.29, 0.717) is 35.2 Å². The van der Waals surface area contributed by atoms with Gasteiger partial charge in [0.2, 0.25) is 12.7 Å². The van der Waals surface area contributed by atoms with Crippen LogP contribution >= 0.6 is 11.6 Å². The van der Waals surface area contributed by atoms with Gasteiger partial charge in [-0.15, -0.1) is 0 Å². The molecule has 2 aliphatic rings. The van der Waals surface area contributed by atoms with Gasteiger partial charge in [-0.05, 0) is 23.8 Å². The van der Waals surface area contributed by atoms with Crippen LogP contribution in [0.5, 0.6) is 11.5 Å². The minimum Gasteiger partial charge on any atom is -0.481 e. The van der Waals surface area contributed by atoms with Crippen molar-refractivity contribution in [3.8, 4) is 11.5 Å². The molecule has 0 aliphatic carbocycles. The number of benzene rings is 1. The first-order valence-corrected chi connectivity index (χ1v) is 7.80. The predicted octanol–water partition coefficient (Wildman–Crippen LogP) is 1.78. The van der Waals surface area contributed by atoms with Gasteiger partial charge in [-0.2, -0.15) is 0 Å². The lowest BCUT2D eigenvalue weighted by Gasteiger charge is -2.31. The number of aliphatic carboxylic acids is 1. The fraction of sp³-hybridized carbons (Fsp3) is 0.375. The number of nitrogens with zero attached hydrogens (tertiary/aromatic N) is 1. The molecule has 1 atom stereocenters. The molecule has 8 heteroatoms.